The Hall–Kier alpha value is -2.15. The number of pyridine rings is 1. The van der Waals surface area contributed by atoms with Crippen molar-refractivity contribution in [1.29, 1.82) is 0 Å². The van der Waals surface area contributed by atoms with Crippen molar-refractivity contribution in [2.75, 3.05) is 57.9 Å². The van der Waals surface area contributed by atoms with Gasteiger partial charge < -0.3 is 19.4 Å². The molecule has 3 rings (SSSR count). The number of aryl methyl sites for hydroxylation is 2. The number of nitrogens with zero attached hydrogens (tertiary/aromatic N) is 4. The lowest BCUT2D eigenvalue weighted by Crippen LogP contribution is -2.53. The molecule has 7 heteroatoms. The maximum absolute atomic E-state index is 13.0. The van der Waals surface area contributed by atoms with Gasteiger partial charge in [0.1, 0.15) is 0 Å². The van der Waals surface area contributed by atoms with Gasteiger partial charge in [-0.05, 0) is 32.4 Å². The van der Waals surface area contributed by atoms with Crippen LogP contribution in [0.25, 0.3) is 0 Å². The summed E-state index contributed by atoms with van der Waals surface area (Å²) in [6.07, 6.45) is 1.11. The summed E-state index contributed by atoms with van der Waals surface area (Å²) in [6.45, 7) is 8.71. The number of amides is 2. The van der Waals surface area contributed by atoms with Crippen molar-refractivity contribution >= 4 is 17.5 Å². The fourth-order valence-electron chi connectivity index (χ4n) is 3.97. The second-order valence-electron chi connectivity index (χ2n) is 7.49. The minimum Gasteiger partial charge on any atom is -0.383 e. The number of ether oxygens (including phenoxy) is 1. The van der Waals surface area contributed by atoms with Crippen LogP contribution in [0, 0.1) is 19.8 Å². The van der Waals surface area contributed by atoms with E-state index in [4.69, 9.17) is 4.74 Å². The highest BCUT2D eigenvalue weighted by atomic mass is 16.5. The number of aromatic nitrogens is 1. The maximum atomic E-state index is 13.0. The monoisotopic (exact) mass is 374 g/mol. The van der Waals surface area contributed by atoms with Crippen LogP contribution in [-0.4, -0.2) is 79.6 Å². The SMILES string of the molecule is COCCN1C[C@H](C(=O)N2CCN(c3cc(C)nc(C)c3)CC2)CCC1=O. The first-order chi connectivity index (χ1) is 13.0. The van der Waals surface area contributed by atoms with Gasteiger partial charge in [0.2, 0.25) is 11.8 Å². The maximum Gasteiger partial charge on any atom is 0.227 e. The fraction of sp³-hybridized carbons (Fsp3) is 0.650. The summed E-state index contributed by atoms with van der Waals surface area (Å²) in [5, 5.41) is 0. The lowest BCUT2D eigenvalue weighted by atomic mass is 9.95. The third-order valence-corrected chi connectivity index (χ3v) is 5.44. The summed E-state index contributed by atoms with van der Waals surface area (Å²) >= 11 is 0. The van der Waals surface area contributed by atoms with Crippen LogP contribution in [0.15, 0.2) is 12.1 Å². The smallest absolute Gasteiger partial charge is 0.227 e. The van der Waals surface area contributed by atoms with Gasteiger partial charge >= 0.3 is 0 Å². The van der Waals surface area contributed by atoms with Gasteiger partial charge in [-0.1, -0.05) is 0 Å². The van der Waals surface area contributed by atoms with Gasteiger partial charge in [0.25, 0.3) is 0 Å². The number of piperazine rings is 1. The van der Waals surface area contributed by atoms with Gasteiger partial charge in [-0.2, -0.15) is 0 Å². The van der Waals surface area contributed by atoms with Crippen molar-refractivity contribution in [3.8, 4) is 0 Å². The Morgan fingerprint density at radius 1 is 1.19 bits per heavy atom. The van der Waals surface area contributed by atoms with Crippen LogP contribution < -0.4 is 4.90 Å². The molecular weight excluding hydrogens is 344 g/mol. The topological polar surface area (TPSA) is 66.0 Å². The molecule has 1 atom stereocenters. The molecule has 148 valence electrons. The molecule has 2 amide bonds. The second-order valence-corrected chi connectivity index (χ2v) is 7.49. The zero-order valence-electron chi connectivity index (χ0n) is 16.6. The molecule has 0 N–H and O–H groups in total. The van der Waals surface area contributed by atoms with E-state index in [1.54, 1.807) is 12.0 Å². The van der Waals surface area contributed by atoms with Crippen molar-refractivity contribution in [3.05, 3.63) is 23.5 Å². The Labute approximate surface area is 161 Å². The number of hydrogen-bond acceptors (Lipinski definition) is 5. The van der Waals surface area contributed by atoms with Gasteiger partial charge in [-0.25, -0.2) is 0 Å². The van der Waals surface area contributed by atoms with Gasteiger partial charge in [-0.3, -0.25) is 14.6 Å². The number of anilines is 1. The molecule has 2 aliphatic heterocycles. The van der Waals surface area contributed by atoms with Crippen LogP contribution >= 0.6 is 0 Å². The quantitative estimate of drug-likeness (QED) is 0.776. The minimum atomic E-state index is -0.0866. The Bertz CT molecular complexity index is 666. The molecule has 0 radical (unpaired) electrons. The summed E-state index contributed by atoms with van der Waals surface area (Å²) in [4.78, 5) is 35.5. The van der Waals surface area contributed by atoms with Crippen molar-refractivity contribution in [1.82, 2.24) is 14.8 Å². The van der Waals surface area contributed by atoms with E-state index in [0.29, 0.717) is 32.5 Å². The summed E-state index contributed by atoms with van der Waals surface area (Å²) in [5.41, 5.74) is 3.22. The number of likely N-dealkylation sites (tertiary alicyclic amines) is 1. The molecule has 1 aromatic heterocycles. The highest BCUT2D eigenvalue weighted by Gasteiger charge is 2.33. The molecule has 0 bridgehead atoms. The van der Waals surface area contributed by atoms with E-state index in [0.717, 1.165) is 37.6 Å². The number of hydrogen-bond donors (Lipinski definition) is 0. The standard InChI is InChI=1S/C20H30N4O3/c1-15-12-18(13-16(2)21-15)22-6-8-23(9-7-22)20(26)17-4-5-19(25)24(14-17)10-11-27-3/h12-13,17H,4-11,14H2,1-3H3/t17-/m1/s1. The predicted octanol–water partition coefficient (Wildman–Crippen LogP) is 1.23. The first kappa shape index (κ1) is 19.6. The molecule has 0 saturated carbocycles. The summed E-state index contributed by atoms with van der Waals surface area (Å²) in [5.74, 6) is 0.229. The second kappa shape index (κ2) is 8.69. The molecule has 3 heterocycles. The molecule has 0 unspecified atom stereocenters. The van der Waals surface area contributed by atoms with E-state index in [9.17, 15) is 9.59 Å². The van der Waals surface area contributed by atoms with E-state index < -0.39 is 0 Å². The Kier molecular flexibility index (Phi) is 6.31. The molecule has 0 aliphatic carbocycles. The third kappa shape index (κ3) is 4.77. The van der Waals surface area contributed by atoms with E-state index in [1.807, 2.05) is 18.7 Å². The summed E-state index contributed by atoms with van der Waals surface area (Å²) in [6, 6.07) is 4.20. The zero-order chi connectivity index (χ0) is 19.4. The number of carbonyl (C=O) groups excluding carboxylic acids is 2. The van der Waals surface area contributed by atoms with Crippen molar-refractivity contribution in [3.63, 3.8) is 0 Å². The number of rotatable bonds is 5. The van der Waals surface area contributed by atoms with E-state index in [-0.39, 0.29) is 17.7 Å². The lowest BCUT2D eigenvalue weighted by Gasteiger charge is -2.39. The molecule has 7 nitrogen and oxygen atoms in total. The number of carbonyl (C=O) groups is 2. The van der Waals surface area contributed by atoms with Crippen molar-refractivity contribution in [2.45, 2.75) is 26.7 Å². The van der Waals surface area contributed by atoms with Gasteiger partial charge in [0.15, 0.2) is 0 Å². The highest BCUT2D eigenvalue weighted by Crippen LogP contribution is 2.23. The molecule has 2 fully saturated rings. The average Bonchev–Trinajstić information content (AvgIpc) is 2.66. The molecule has 27 heavy (non-hydrogen) atoms. The minimum absolute atomic E-state index is 0.0866. The van der Waals surface area contributed by atoms with Crippen molar-refractivity contribution < 1.29 is 14.3 Å². The van der Waals surface area contributed by atoms with Crippen LogP contribution in [0.4, 0.5) is 5.69 Å². The normalized spacial score (nSPS) is 20.9. The third-order valence-electron chi connectivity index (χ3n) is 5.44. The number of piperidine rings is 1. The van der Waals surface area contributed by atoms with Crippen LogP contribution in [0.2, 0.25) is 0 Å². The first-order valence-electron chi connectivity index (χ1n) is 9.73. The summed E-state index contributed by atoms with van der Waals surface area (Å²) in [7, 11) is 1.63. The molecule has 2 saturated heterocycles. The first-order valence-corrected chi connectivity index (χ1v) is 9.73. The zero-order valence-corrected chi connectivity index (χ0v) is 16.6. The van der Waals surface area contributed by atoms with Crippen LogP contribution in [0.1, 0.15) is 24.2 Å². The Morgan fingerprint density at radius 2 is 1.85 bits per heavy atom. The molecular formula is C20H30N4O3. The van der Waals surface area contributed by atoms with Crippen LogP contribution in [-0.2, 0) is 14.3 Å². The molecule has 0 spiro atoms. The van der Waals surface area contributed by atoms with E-state index >= 15 is 0 Å². The lowest BCUT2D eigenvalue weighted by molar-refractivity contribution is -0.143. The van der Waals surface area contributed by atoms with Gasteiger partial charge in [0, 0.05) is 69.9 Å². The van der Waals surface area contributed by atoms with Crippen molar-refractivity contribution in [2.24, 2.45) is 5.92 Å². The fourth-order valence-corrected chi connectivity index (χ4v) is 3.97. The molecule has 2 aliphatic rings. The Balaban J connectivity index is 1.55. The van der Waals surface area contributed by atoms with Gasteiger partial charge in [-0.15, -0.1) is 0 Å². The number of methoxy groups -OCH3 is 1. The Morgan fingerprint density at radius 3 is 2.48 bits per heavy atom. The van der Waals surface area contributed by atoms with Gasteiger partial charge in [0.05, 0.1) is 12.5 Å². The average molecular weight is 374 g/mol. The van der Waals surface area contributed by atoms with Crippen LogP contribution in [0.5, 0.6) is 0 Å². The molecule has 0 aromatic carbocycles. The summed E-state index contributed by atoms with van der Waals surface area (Å²) < 4.78 is 5.08. The van der Waals surface area contributed by atoms with E-state index in [1.165, 1.54) is 5.69 Å². The predicted molar refractivity (Wildman–Crippen MR) is 104 cm³/mol. The van der Waals surface area contributed by atoms with Crippen LogP contribution in [0.3, 0.4) is 0 Å². The van der Waals surface area contributed by atoms with E-state index in [2.05, 4.69) is 22.0 Å². The highest BCUT2D eigenvalue weighted by molar-refractivity contribution is 5.84. The molecule has 1 aromatic rings. The largest absolute Gasteiger partial charge is 0.383 e.